The summed E-state index contributed by atoms with van der Waals surface area (Å²) in [5.74, 6) is 0. The highest BCUT2D eigenvalue weighted by molar-refractivity contribution is 7.87. The van der Waals surface area contributed by atoms with Gasteiger partial charge in [0, 0.05) is 25.7 Å². The maximum atomic E-state index is 11.7. The predicted octanol–water partition coefficient (Wildman–Crippen LogP) is 0.464. The third kappa shape index (κ3) is 4.55. The second-order valence-electron chi connectivity index (χ2n) is 4.16. The molecule has 2 atom stereocenters. The second kappa shape index (κ2) is 6.76. The van der Waals surface area contributed by atoms with E-state index in [1.165, 1.54) is 4.31 Å². The highest BCUT2D eigenvalue weighted by Crippen LogP contribution is 2.17. The number of nitrogens with one attached hydrogen (secondary N) is 1. The Morgan fingerprint density at radius 3 is 2.56 bits per heavy atom. The maximum absolute atomic E-state index is 11.7. The summed E-state index contributed by atoms with van der Waals surface area (Å²) in [5, 5.41) is 0. The Morgan fingerprint density at radius 1 is 1.44 bits per heavy atom. The highest BCUT2D eigenvalue weighted by atomic mass is 35.5. The van der Waals surface area contributed by atoms with Gasteiger partial charge in [-0.25, -0.2) is 0 Å². The maximum Gasteiger partial charge on any atom is 0.279 e. The molecule has 0 spiro atoms. The largest absolute Gasteiger partial charge is 0.328 e. The van der Waals surface area contributed by atoms with Crippen LogP contribution >= 0.6 is 12.4 Å². The smallest absolute Gasteiger partial charge is 0.279 e. The van der Waals surface area contributed by atoms with E-state index in [1.54, 1.807) is 7.05 Å². The Balaban J connectivity index is 0.00000225. The van der Waals surface area contributed by atoms with Crippen LogP contribution < -0.4 is 10.5 Å². The Bertz CT molecular complexity index is 297. The molecular weight excluding hydrogens is 250 g/mol. The van der Waals surface area contributed by atoms with Crippen LogP contribution in [0, 0.1) is 0 Å². The molecule has 0 heterocycles. The van der Waals surface area contributed by atoms with Gasteiger partial charge in [-0.2, -0.15) is 17.4 Å². The lowest BCUT2D eigenvalue weighted by molar-refractivity contribution is 0.361. The average Bonchev–Trinajstić information content (AvgIpc) is 2.15. The van der Waals surface area contributed by atoms with Gasteiger partial charge in [-0.15, -0.1) is 12.4 Å². The van der Waals surface area contributed by atoms with E-state index in [0.29, 0.717) is 6.54 Å². The predicted molar refractivity (Wildman–Crippen MR) is 67.8 cm³/mol. The minimum Gasteiger partial charge on any atom is -0.328 e. The van der Waals surface area contributed by atoms with Gasteiger partial charge in [0.1, 0.15) is 0 Å². The van der Waals surface area contributed by atoms with Gasteiger partial charge in [-0.05, 0) is 19.3 Å². The standard InChI is InChI=1S/C9H21N3O2S.ClH/c1-3-12(2)15(13,14)11-9-6-4-5-8(10)7-9;/h8-9,11H,3-7,10H2,1-2H3;1H. The zero-order chi connectivity index (χ0) is 11.5. The summed E-state index contributed by atoms with van der Waals surface area (Å²) in [6.07, 6.45) is 3.65. The van der Waals surface area contributed by atoms with E-state index in [4.69, 9.17) is 5.73 Å². The molecule has 0 aliphatic heterocycles. The molecule has 1 aliphatic rings. The van der Waals surface area contributed by atoms with Crippen molar-refractivity contribution in [1.29, 1.82) is 0 Å². The first-order chi connectivity index (χ1) is 6.95. The summed E-state index contributed by atoms with van der Waals surface area (Å²) in [6.45, 7) is 2.29. The SMILES string of the molecule is CCN(C)S(=O)(=O)NC1CCCC(N)C1.Cl. The molecule has 0 aromatic carbocycles. The van der Waals surface area contributed by atoms with Gasteiger partial charge in [0.25, 0.3) is 10.2 Å². The molecule has 5 nitrogen and oxygen atoms in total. The average molecular weight is 272 g/mol. The van der Waals surface area contributed by atoms with Crippen molar-refractivity contribution >= 4 is 22.6 Å². The summed E-state index contributed by atoms with van der Waals surface area (Å²) in [5.41, 5.74) is 5.80. The minimum atomic E-state index is -3.31. The zero-order valence-corrected chi connectivity index (χ0v) is 11.5. The van der Waals surface area contributed by atoms with Crippen molar-refractivity contribution in [3.63, 3.8) is 0 Å². The molecule has 98 valence electrons. The third-order valence-corrected chi connectivity index (χ3v) is 4.60. The van der Waals surface area contributed by atoms with Gasteiger partial charge in [0.2, 0.25) is 0 Å². The monoisotopic (exact) mass is 271 g/mol. The minimum absolute atomic E-state index is 0. The normalized spacial score (nSPS) is 26.5. The van der Waals surface area contributed by atoms with Crippen molar-refractivity contribution < 1.29 is 8.42 Å². The molecule has 0 aromatic heterocycles. The molecule has 1 rings (SSSR count). The van der Waals surface area contributed by atoms with E-state index < -0.39 is 10.2 Å². The molecule has 1 saturated carbocycles. The molecule has 1 aliphatic carbocycles. The van der Waals surface area contributed by atoms with Gasteiger partial charge in [0.15, 0.2) is 0 Å². The van der Waals surface area contributed by atoms with Gasteiger partial charge in [-0.1, -0.05) is 13.3 Å². The fraction of sp³-hybridized carbons (Fsp3) is 1.00. The Morgan fingerprint density at radius 2 is 2.06 bits per heavy atom. The van der Waals surface area contributed by atoms with Crippen LogP contribution in [0.25, 0.3) is 0 Å². The number of nitrogens with two attached hydrogens (primary N) is 1. The number of halogens is 1. The lowest BCUT2D eigenvalue weighted by Gasteiger charge is -2.28. The van der Waals surface area contributed by atoms with Crippen LogP contribution in [0.5, 0.6) is 0 Å². The quantitative estimate of drug-likeness (QED) is 0.780. The fourth-order valence-corrected chi connectivity index (χ4v) is 2.96. The second-order valence-corrected chi connectivity index (χ2v) is 5.97. The Kier molecular flexibility index (Phi) is 6.81. The van der Waals surface area contributed by atoms with Crippen molar-refractivity contribution in [3.05, 3.63) is 0 Å². The molecule has 2 unspecified atom stereocenters. The number of rotatable bonds is 4. The first-order valence-corrected chi connectivity index (χ1v) is 6.89. The van der Waals surface area contributed by atoms with Crippen LogP contribution in [0.4, 0.5) is 0 Å². The number of hydrogen-bond donors (Lipinski definition) is 2. The van der Waals surface area contributed by atoms with Crippen molar-refractivity contribution in [2.24, 2.45) is 5.73 Å². The van der Waals surface area contributed by atoms with Crippen molar-refractivity contribution in [2.75, 3.05) is 13.6 Å². The van der Waals surface area contributed by atoms with Crippen molar-refractivity contribution in [2.45, 2.75) is 44.7 Å². The summed E-state index contributed by atoms with van der Waals surface area (Å²) < 4.78 is 27.4. The zero-order valence-electron chi connectivity index (χ0n) is 9.85. The van der Waals surface area contributed by atoms with Gasteiger partial charge in [0.05, 0.1) is 0 Å². The fourth-order valence-electron chi connectivity index (χ4n) is 1.81. The highest BCUT2D eigenvalue weighted by Gasteiger charge is 2.25. The van der Waals surface area contributed by atoms with E-state index in [2.05, 4.69) is 4.72 Å². The molecule has 3 N–H and O–H groups in total. The van der Waals surface area contributed by atoms with E-state index in [1.807, 2.05) is 6.92 Å². The summed E-state index contributed by atoms with van der Waals surface area (Å²) in [6, 6.07) is 0.145. The van der Waals surface area contributed by atoms with Crippen molar-refractivity contribution in [3.8, 4) is 0 Å². The van der Waals surface area contributed by atoms with E-state index in [-0.39, 0.29) is 24.5 Å². The van der Waals surface area contributed by atoms with Crippen molar-refractivity contribution in [1.82, 2.24) is 9.03 Å². The van der Waals surface area contributed by atoms with E-state index in [0.717, 1.165) is 25.7 Å². The molecule has 0 aromatic rings. The molecule has 7 heteroatoms. The molecule has 0 radical (unpaired) electrons. The molecule has 1 fully saturated rings. The summed E-state index contributed by atoms with van der Waals surface area (Å²) in [4.78, 5) is 0. The molecule has 0 saturated heterocycles. The van der Waals surface area contributed by atoms with E-state index >= 15 is 0 Å². The lowest BCUT2D eigenvalue weighted by Crippen LogP contribution is -2.47. The Labute approximate surface area is 104 Å². The summed E-state index contributed by atoms with van der Waals surface area (Å²) in [7, 11) is -1.73. The van der Waals surface area contributed by atoms with Crippen LogP contribution in [0.2, 0.25) is 0 Å². The van der Waals surface area contributed by atoms with Crippen LogP contribution in [0.15, 0.2) is 0 Å². The van der Waals surface area contributed by atoms with E-state index in [9.17, 15) is 8.42 Å². The molecule has 0 bridgehead atoms. The van der Waals surface area contributed by atoms with Gasteiger partial charge < -0.3 is 5.73 Å². The van der Waals surface area contributed by atoms with Crippen LogP contribution in [-0.4, -0.2) is 38.4 Å². The first-order valence-electron chi connectivity index (χ1n) is 5.45. The van der Waals surface area contributed by atoms with Crippen LogP contribution in [0.3, 0.4) is 0 Å². The third-order valence-electron chi connectivity index (χ3n) is 2.89. The first kappa shape index (κ1) is 16.1. The molecule has 16 heavy (non-hydrogen) atoms. The Hall–Kier alpha value is 0.120. The molecule has 0 amide bonds. The number of hydrogen-bond acceptors (Lipinski definition) is 3. The number of nitrogens with zero attached hydrogens (tertiary/aromatic N) is 1. The van der Waals surface area contributed by atoms with Gasteiger partial charge in [-0.3, -0.25) is 0 Å². The lowest BCUT2D eigenvalue weighted by atomic mass is 9.92. The summed E-state index contributed by atoms with van der Waals surface area (Å²) >= 11 is 0. The topological polar surface area (TPSA) is 75.4 Å². The van der Waals surface area contributed by atoms with Crippen LogP contribution in [-0.2, 0) is 10.2 Å². The molecular formula is C9H22ClN3O2S. The van der Waals surface area contributed by atoms with Gasteiger partial charge >= 0.3 is 0 Å². The van der Waals surface area contributed by atoms with Crippen LogP contribution in [0.1, 0.15) is 32.6 Å².